The second-order valence-electron chi connectivity index (χ2n) is 7.21. The first-order chi connectivity index (χ1) is 11.0. The molecule has 6 nitrogen and oxygen atoms in total. The first-order valence-corrected chi connectivity index (χ1v) is 8.99. The highest BCUT2D eigenvalue weighted by molar-refractivity contribution is 5.79. The van der Waals surface area contributed by atoms with Crippen molar-refractivity contribution in [2.75, 3.05) is 45.8 Å². The van der Waals surface area contributed by atoms with E-state index in [2.05, 4.69) is 22.0 Å². The van der Waals surface area contributed by atoms with Crippen LogP contribution in [0.5, 0.6) is 0 Å². The van der Waals surface area contributed by atoms with Gasteiger partial charge in [-0.3, -0.25) is 19.4 Å². The third-order valence-electron chi connectivity index (χ3n) is 4.76. The van der Waals surface area contributed by atoms with Gasteiger partial charge in [-0.1, -0.05) is 0 Å². The Labute approximate surface area is 140 Å². The smallest absolute Gasteiger partial charge is 0.236 e. The molecule has 1 unspecified atom stereocenters. The number of amides is 2. The third kappa shape index (κ3) is 5.77. The lowest BCUT2D eigenvalue weighted by Gasteiger charge is -2.37. The molecule has 0 aromatic carbocycles. The predicted octanol–water partition coefficient (Wildman–Crippen LogP) is 0.530. The van der Waals surface area contributed by atoms with Gasteiger partial charge in [-0.15, -0.1) is 0 Å². The summed E-state index contributed by atoms with van der Waals surface area (Å²) in [6.07, 6.45) is 3.50. The van der Waals surface area contributed by atoms with Crippen LogP contribution in [0.3, 0.4) is 0 Å². The molecule has 23 heavy (non-hydrogen) atoms. The standard InChI is InChI=1S/C17H32N4O2/c1-14(2)18-16(22)12-19-8-10-20(11-9-19)13-17(23)21-7-5-4-6-15(21)3/h14-15H,4-13H2,1-3H3,(H,18,22). The Morgan fingerprint density at radius 2 is 1.61 bits per heavy atom. The second-order valence-corrected chi connectivity index (χ2v) is 7.21. The van der Waals surface area contributed by atoms with Crippen molar-refractivity contribution in [3.63, 3.8) is 0 Å². The topological polar surface area (TPSA) is 55.9 Å². The highest BCUT2D eigenvalue weighted by Crippen LogP contribution is 2.16. The van der Waals surface area contributed by atoms with Gasteiger partial charge < -0.3 is 10.2 Å². The molecule has 1 atom stereocenters. The number of carbonyl (C=O) groups is 2. The van der Waals surface area contributed by atoms with Gasteiger partial charge in [0.2, 0.25) is 11.8 Å². The molecule has 2 heterocycles. The molecule has 2 saturated heterocycles. The van der Waals surface area contributed by atoms with Crippen LogP contribution < -0.4 is 5.32 Å². The van der Waals surface area contributed by atoms with Crippen LogP contribution in [-0.4, -0.2) is 84.4 Å². The summed E-state index contributed by atoms with van der Waals surface area (Å²) in [5.74, 6) is 0.356. The number of carbonyl (C=O) groups excluding carboxylic acids is 2. The number of piperazine rings is 1. The van der Waals surface area contributed by atoms with Crippen LogP contribution in [0.2, 0.25) is 0 Å². The molecular formula is C17H32N4O2. The van der Waals surface area contributed by atoms with Gasteiger partial charge in [-0.25, -0.2) is 0 Å². The highest BCUT2D eigenvalue weighted by Gasteiger charge is 2.26. The molecule has 132 valence electrons. The fourth-order valence-corrected chi connectivity index (χ4v) is 3.43. The van der Waals surface area contributed by atoms with E-state index in [-0.39, 0.29) is 17.9 Å². The Morgan fingerprint density at radius 1 is 1.00 bits per heavy atom. The molecule has 0 bridgehead atoms. The van der Waals surface area contributed by atoms with Crippen molar-refractivity contribution in [1.82, 2.24) is 20.0 Å². The van der Waals surface area contributed by atoms with Crippen LogP contribution in [0.1, 0.15) is 40.0 Å². The van der Waals surface area contributed by atoms with Gasteiger partial charge in [0.05, 0.1) is 13.1 Å². The van der Waals surface area contributed by atoms with Crippen LogP contribution in [-0.2, 0) is 9.59 Å². The van der Waals surface area contributed by atoms with E-state index in [0.29, 0.717) is 19.1 Å². The van der Waals surface area contributed by atoms with Crippen LogP contribution in [0, 0.1) is 0 Å². The summed E-state index contributed by atoms with van der Waals surface area (Å²) < 4.78 is 0. The second kappa shape index (κ2) is 8.64. The number of hydrogen-bond donors (Lipinski definition) is 1. The van der Waals surface area contributed by atoms with E-state index in [0.717, 1.165) is 45.6 Å². The lowest BCUT2D eigenvalue weighted by atomic mass is 10.0. The van der Waals surface area contributed by atoms with Crippen molar-refractivity contribution >= 4 is 11.8 Å². The summed E-state index contributed by atoms with van der Waals surface area (Å²) in [4.78, 5) is 30.7. The lowest BCUT2D eigenvalue weighted by molar-refractivity contribution is -0.136. The van der Waals surface area contributed by atoms with Crippen LogP contribution >= 0.6 is 0 Å². The third-order valence-corrected chi connectivity index (χ3v) is 4.76. The molecule has 2 aliphatic heterocycles. The molecule has 0 aromatic heterocycles. The summed E-state index contributed by atoms with van der Waals surface area (Å²) in [5, 5.41) is 2.93. The molecule has 2 aliphatic rings. The Hall–Kier alpha value is -1.14. The molecule has 2 amide bonds. The van der Waals surface area contributed by atoms with Crippen molar-refractivity contribution in [2.45, 2.75) is 52.1 Å². The van der Waals surface area contributed by atoms with Crippen molar-refractivity contribution < 1.29 is 9.59 Å². The summed E-state index contributed by atoms with van der Waals surface area (Å²) in [6.45, 7) is 11.4. The maximum absolute atomic E-state index is 12.5. The predicted molar refractivity (Wildman–Crippen MR) is 91.2 cm³/mol. The minimum absolute atomic E-state index is 0.0895. The number of piperidine rings is 1. The summed E-state index contributed by atoms with van der Waals surface area (Å²) in [5.41, 5.74) is 0. The molecule has 0 radical (unpaired) electrons. The van der Waals surface area contributed by atoms with E-state index in [1.807, 2.05) is 18.7 Å². The average Bonchev–Trinajstić information content (AvgIpc) is 2.48. The zero-order valence-electron chi connectivity index (χ0n) is 14.9. The van der Waals surface area contributed by atoms with Crippen LogP contribution in [0.4, 0.5) is 0 Å². The zero-order valence-corrected chi connectivity index (χ0v) is 14.9. The molecule has 0 aromatic rings. The Bertz CT molecular complexity index is 405. The fraction of sp³-hybridized carbons (Fsp3) is 0.882. The molecule has 6 heteroatoms. The number of hydrogen-bond acceptors (Lipinski definition) is 4. The van der Waals surface area contributed by atoms with Gasteiger partial charge in [0, 0.05) is 44.8 Å². The van der Waals surface area contributed by atoms with Gasteiger partial charge in [0.25, 0.3) is 0 Å². The molecule has 0 saturated carbocycles. The number of rotatable bonds is 5. The van der Waals surface area contributed by atoms with E-state index < -0.39 is 0 Å². The number of likely N-dealkylation sites (tertiary alicyclic amines) is 1. The van der Waals surface area contributed by atoms with Crippen molar-refractivity contribution in [2.24, 2.45) is 0 Å². The minimum atomic E-state index is 0.0895. The monoisotopic (exact) mass is 324 g/mol. The Kier molecular flexibility index (Phi) is 6.84. The van der Waals surface area contributed by atoms with Gasteiger partial charge in [0.1, 0.15) is 0 Å². The highest BCUT2D eigenvalue weighted by atomic mass is 16.2. The van der Waals surface area contributed by atoms with E-state index in [1.165, 1.54) is 6.42 Å². The minimum Gasteiger partial charge on any atom is -0.353 e. The molecule has 2 fully saturated rings. The lowest BCUT2D eigenvalue weighted by Crippen LogP contribution is -2.53. The largest absolute Gasteiger partial charge is 0.353 e. The molecule has 0 spiro atoms. The van der Waals surface area contributed by atoms with E-state index in [1.54, 1.807) is 0 Å². The van der Waals surface area contributed by atoms with Crippen LogP contribution in [0.15, 0.2) is 0 Å². The summed E-state index contributed by atoms with van der Waals surface area (Å²) in [6, 6.07) is 0.574. The number of nitrogens with zero attached hydrogens (tertiary/aromatic N) is 3. The molecule has 0 aliphatic carbocycles. The first kappa shape index (κ1) is 18.2. The van der Waals surface area contributed by atoms with E-state index in [9.17, 15) is 9.59 Å². The van der Waals surface area contributed by atoms with E-state index in [4.69, 9.17) is 0 Å². The number of nitrogens with one attached hydrogen (secondary N) is 1. The normalized spacial score (nSPS) is 24.0. The van der Waals surface area contributed by atoms with Gasteiger partial charge in [0.15, 0.2) is 0 Å². The van der Waals surface area contributed by atoms with Crippen molar-refractivity contribution in [3.8, 4) is 0 Å². The van der Waals surface area contributed by atoms with Gasteiger partial charge in [-0.05, 0) is 40.0 Å². The quantitative estimate of drug-likeness (QED) is 0.801. The van der Waals surface area contributed by atoms with E-state index >= 15 is 0 Å². The van der Waals surface area contributed by atoms with Gasteiger partial charge in [-0.2, -0.15) is 0 Å². The summed E-state index contributed by atoms with van der Waals surface area (Å²) in [7, 11) is 0. The van der Waals surface area contributed by atoms with Crippen LogP contribution in [0.25, 0.3) is 0 Å². The average molecular weight is 324 g/mol. The SMILES string of the molecule is CC(C)NC(=O)CN1CCN(CC(=O)N2CCCCC2C)CC1. The van der Waals surface area contributed by atoms with Crippen molar-refractivity contribution in [3.05, 3.63) is 0 Å². The van der Waals surface area contributed by atoms with Gasteiger partial charge >= 0.3 is 0 Å². The molecular weight excluding hydrogens is 292 g/mol. The molecule has 2 rings (SSSR count). The maximum Gasteiger partial charge on any atom is 0.236 e. The molecule has 1 N–H and O–H groups in total. The first-order valence-electron chi connectivity index (χ1n) is 8.99. The zero-order chi connectivity index (χ0) is 16.8. The Morgan fingerprint density at radius 3 is 2.17 bits per heavy atom. The summed E-state index contributed by atoms with van der Waals surface area (Å²) >= 11 is 0. The van der Waals surface area contributed by atoms with Crippen molar-refractivity contribution in [1.29, 1.82) is 0 Å². The fourth-order valence-electron chi connectivity index (χ4n) is 3.43. The Balaban J connectivity index is 1.70. The maximum atomic E-state index is 12.5.